The van der Waals surface area contributed by atoms with Gasteiger partial charge in [-0.1, -0.05) is 38.0 Å². The largest absolute Gasteiger partial charge is 0.352 e. The molecule has 1 aromatic rings. The van der Waals surface area contributed by atoms with E-state index in [2.05, 4.69) is 12.2 Å². The molecule has 1 rings (SSSR count). The molecule has 0 heterocycles. The summed E-state index contributed by atoms with van der Waals surface area (Å²) in [4.78, 5) is 11.7. The van der Waals surface area contributed by atoms with Crippen molar-refractivity contribution in [1.82, 2.24) is 5.32 Å². The molecule has 0 aliphatic carbocycles. The number of aryl methyl sites for hydroxylation is 1. The smallest absolute Gasteiger partial charge is 0.251 e. The van der Waals surface area contributed by atoms with Crippen LogP contribution in [0.15, 0.2) is 24.3 Å². The molecule has 0 spiro atoms. The van der Waals surface area contributed by atoms with Gasteiger partial charge in [0.25, 0.3) is 5.91 Å². The fourth-order valence-electron chi connectivity index (χ4n) is 1.50. The predicted molar refractivity (Wildman–Crippen MR) is 63.0 cm³/mol. The van der Waals surface area contributed by atoms with Crippen molar-refractivity contribution in [3.8, 4) is 0 Å². The molecule has 0 aromatic heterocycles. The van der Waals surface area contributed by atoms with Crippen LogP contribution in [0, 0.1) is 6.92 Å². The Balaban J connectivity index is 2.44. The number of carbonyl (C=O) groups is 1. The number of nitrogens with one attached hydrogen (secondary N) is 1. The molecular formula is C13H19NO. The van der Waals surface area contributed by atoms with Gasteiger partial charge < -0.3 is 5.32 Å². The Morgan fingerprint density at radius 3 is 2.67 bits per heavy atom. The van der Waals surface area contributed by atoms with Gasteiger partial charge in [-0.2, -0.15) is 0 Å². The average Bonchev–Trinajstić information content (AvgIpc) is 2.25. The second-order valence-electron chi connectivity index (χ2n) is 3.78. The first-order chi connectivity index (χ1) is 7.25. The molecule has 1 amide bonds. The number of unbranched alkanes of at least 4 members (excludes halogenated alkanes) is 2. The van der Waals surface area contributed by atoms with Crippen LogP contribution in [0.1, 0.15) is 42.1 Å². The Morgan fingerprint density at radius 2 is 2.00 bits per heavy atom. The van der Waals surface area contributed by atoms with Gasteiger partial charge in [-0.3, -0.25) is 4.79 Å². The van der Waals surface area contributed by atoms with E-state index in [-0.39, 0.29) is 5.91 Å². The summed E-state index contributed by atoms with van der Waals surface area (Å²) in [5, 5.41) is 2.94. The molecule has 0 fully saturated rings. The van der Waals surface area contributed by atoms with Gasteiger partial charge in [0.15, 0.2) is 0 Å². The minimum absolute atomic E-state index is 0.0456. The number of rotatable bonds is 5. The van der Waals surface area contributed by atoms with Crippen LogP contribution in [0.3, 0.4) is 0 Å². The molecule has 0 aliphatic heterocycles. The van der Waals surface area contributed by atoms with Gasteiger partial charge in [0, 0.05) is 12.1 Å². The van der Waals surface area contributed by atoms with Crippen LogP contribution in [0.5, 0.6) is 0 Å². The van der Waals surface area contributed by atoms with Crippen molar-refractivity contribution in [3.05, 3.63) is 35.4 Å². The normalized spacial score (nSPS) is 10.0. The third-order valence-electron chi connectivity index (χ3n) is 2.46. The number of hydrogen-bond acceptors (Lipinski definition) is 1. The van der Waals surface area contributed by atoms with E-state index in [0.29, 0.717) is 0 Å². The minimum Gasteiger partial charge on any atom is -0.352 e. The molecule has 0 atom stereocenters. The molecule has 82 valence electrons. The van der Waals surface area contributed by atoms with Gasteiger partial charge >= 0.3 is 0 Å². The summed E-state index contributed by atoms with van der Waals surface area (Å²) in [6.45, 7) is 4.89. The Hall–Kier alpha value is -1.31. The average molecular weight is 205 g/mol. The molecule has 2 nitrogen and oxygen atoms in total. The molecule has 0 unspecified atom stereocenters. The maximum absolute atomic E-state index is 11.7. The predicted octanol–water partition coefficient (Wildman–Crippen LogP) is 2.92. The fraction of sp³-hybridized carbons (Fsp3) is 0.462. The third-order valence-corrected chi connectivity index (χ3v) is 2.46. The zero-order valence-electron chi connectivity index (χ0n) is 9.55. The molecule has 15 heavy (non-hydrogen) atoms. The quantitative estimate of drug-likeness (QED) is 0.736. The summed E-state index contributed by atoms with van der Waals surface area (Å²) in [6, 6.07) is 7.67. The highest BCUT2D eigenvalue weighted by atomic mass is 16.1. The van der Waals surface area contributed by atoms with E-state index in [9.17, 15) is 4.79 Å². The van der Waals surface area contributed by atoms with E-state index >= 15 is 0 Å². The van der Waals surface area contributed by atoms with Gasteiger partial charge in [-0.05, 0) is 25.0 Å². The van der Waals surface area contributed by atoms with Crippen molar-refractivity contribution in [2.45, 2.75) is 33.1 Å². The van der Waals surface area contributed by atoms with Crippen LogP contribution in [0.2, 0.25) is 0 Å². The highest BCUT2D eigenvalue weighted by molar-refractivity contribution is 5.95. The van der Waals surface area contributed by atoms with E-state index in [1.807, 2.05) is 31.2 Å². The zero-order chi connectivity index (χ0) is 11.1. The SMILES string of the molecule is CCCCCNC(=O)c1ccccc1C. The van der Waals surface area contributed by atoms with Crippen molar-refractivity contribution in [2.75, 3.05) is 6.54 Å². The first-order valence-electron chi connectivity index (χ1n) is 5.59. The molecule has 1 N–H and O–H groups in total. The number of benzene rings is 1. The van der Waals surface area contributed by atoms with E-state index in [1.165, 1.54) is 12.8 Å². The Bertz CT molecular complexity index is 320. The number of amides is 1. The molecule has 0 saturated carbocycles. The summed E-state index contributed by atoms with van der Waals surface area (Å²) >= 11 is 0. The zero-order valence-corrected chi connectivity index (χ0v) is 9.55. The Labute approximate surface area is 91.7 Å². The van der Waals surface area contributed by atoms with Crippen LogP contribution in [-0.2, 0) is 0 Å². The molecule has 2 heteroatoms. The van der Waals surface area contributed by atoms with Gasteiger partial charge in [0.1, 0.15) is 0 Å². The van der Waals surface area contributed by atoms with Crippen molar-refractivity contribution in [1.29, 1.82) is 0 Å². The topological polar surface area (TPSA) is 29.1 Å². The summed E-state index contributed by atoms with van der Waals surface area (Å²) in [6.07, 6.45) is 3.42. The van der Waals surface area contributed by atoms with E-state index in [0.717, 1.165) is 24.1 Å². The lowest BCUT2D eigenvalue weighted by Gasteiger charge is -2.06. The molecule has 0 bridgehead atoms. The summed E-state index contributed by atoms with van der Waals surface area (Å²) in [5.41, 5.74) is 1.82. The van der Waals surface area contributed by atoms with Crippen LogP contribution in [0.25, 0.3) is 0 Å². The molecular weight excluding hydrogens is 186 g/mol. The number of carbonyl (C=O) groups excluding carboxylic acids is 1. The monoisotopic (exact) mass is 205 g/mol. The number of hydrogen-bond donors (Lipinski definition) is 1. The second-order valence-corrected chi connectivity index (χ2v) is 3.78. The molecule has 0 aliphatic rings. The van der Waals surface area contributed by atoms with Gasteiger partial charge in [0.05, 0.1) is 0 Å². The fourth-order valence-corrected chi connectivity index (χ4v) is 1.50. The first-order valence-corrected chi connectivity index (χ1v) is 5.59. The lowest BCUT2D eigenvalue weighted by Crippen LogP contribution is -2.25. The Kier molecular flexibility index (Phi) is 4.88. The lowest BCUT2D eigenvalue weighted by atomic mass is 10.1. The van der Waals surface area contributed by atoms with Crippen LogP contribution in [-0.4, -0.2) is 12.5 Å². The van der Waals surface area contributed by atoms with E-state index < -0.39 is 0 Å². The highest BCUT2D eigenvalue weighted by Gasteiger charge is 2.06. The van der Waals surface area contributed by atoms with Crippen molar-refractivity contribution in [3.63, 3.8) is 0 Å². The maximum atomic E-state index is 11.7. The van der Waals surface area contributed by atoms with Crippen molar-refractivity contribution < 1.29 is 4.79 Å². The van der Waals surface area contributed by atoms with Crippen molar-refractivity contribution >= 4 is 5.91 Å². The molecule has 0 saturated heterocycles. The molecule has 0 radical (unpaired) electrons. The van der Waals surface area contributed by atoms with Crippen LogP contribution < -0.4 is 5.32 Å². The van der Waals surface area contributed by atoms with Gasteiger partial charge in [0.2, 0.25) is 0 Å². The summed E-state index contributed by atoms with van der Waals surface area (Å²) in [5.74, 6) is 0.0456. The Morgan fingerprint density at radius 1 is 1.27 bits per heavy atom. The van der Waals surface area contributed by atoms with Gasteiger partial charge in [-0.15, -0.1) is 0 Å². The van der Waals surface area contributed by atoms with Crippen molar-refractivity contribution in [2.24, 2.45) is 0 Å². The van der Waals surface area contributed by atoms with Crippen LogP contribution >= 0.6 is 0 Å². The third kappa shape index (κ3) is 3.74. The molecule has 1 aromatic carbocycles. The minimum atomic E-state index is 0.0456. The summed E-state index contributed by atoms with van der Waals surface area (Å²) in [7, 11) is 0. The second kappa shape index (κ2) is 6.23. The van der Waals surface area contributed by atoms with Gasteiger partial charge in [-0.25, -0.2) is 0 Å². The summed E-state index contributed by atoms with van der Waals surface area (Å²) < 4.78 is 0. The standard InChI is InChI=1S/C13H19NO/c1-3-4-7-10-14-13(15)12-9-6-5-8-11(12)2/h5-6,8-9H,3-4,7,10H2,1-2H3,(H,14,15). The highest BCUT2D eigenvalue weighted by Crippen LogP contribution is 2.06. The van der Waals surface area contributed by atoms with E-state index in [4.69, 9.17) is 0 Å². The lowest BCUT2D eigenvalue weighted by molar-refractivity contribution is 0.0952. The van der Waals surface area contributed by atoms with E-state index in [1.54, 1.807) is 0 Å². The van der Waals surface area contributed by atoms with Crippen LogP contribution in [0.4, 0.5) is 0 Å². The maximum Gasteiger partial charge on any atom is 0.251 e. The first kappa shape index (κ1) is 11.8.